The number of ether oxygens (including phenoxy) is 1. The number of benzene rings is 1. The molecule has 0 radical (unpaired) electrons. The number of carboxylic acid groups (broad SMARTS) is 1. The van der Waals surface area contributed by atoms with Crippen LogP contribution < -0.4 is 4.74 Å². The molecule has 0 spiro atoms. The van der Waals surface area contributed by atoms with E-state index in [1.165, 1.54) is 12.5 Å². The molecular formula is C22H28O4. The maximum Gasteiger partial charge on any atom is 0.336 e. The molecule has 140 valence electrons. The second-order valence-corrected chi connectivity index (χ2v) is 9.64. The van der Waals surface area contributed by atoms with Gasteiger partial charge in [-0.25, -0.2) is 4.79 Å². The van der Waals surface area contributed by atoms with Crippen LogP contribution in [0.15, 0.2) is 18.2 Å². The number of hydrogen-bond acceptors (Lipinski definition) is 3. The van der Waals surface area contributed by atoms with Gasteiger partial charge in [0, 0.05) is 0 Å². The van der Waals surface area contributed by atoms with Crippen LogP contribution in [0, 0.1) is 22.7 Å². The SMILES string of the molecule is CC1(C)CCCC2(C)C1CCC1(C)Oc3cccc(C(=O)O)c3C(=O)C12. The van der Waals surface area contributed by atoms with E-state index < -0.39 is 11.6 Å². The summed E-state index contributed by atoms with van der Waals surface area (Å²) in [4.78, 5) is 25.4. The third-order valence-electron chi connectivity index (χ3n) is 7.58. The molecule has 4 rings (SSSR count). The summed E-state index contributed by atoms with van der Waals surface area (Å²) >= 11 is 0. The average molecular weight is 356 g/mol. The number of fused-ring (bicyclic) bond motifs is 4. The molecule has 0 saturated heterocycles. The summed E-state index contributed by atoms with van der Waals surface area (Å²) in [7, 11) is 0. The van der Waals surface area contributed by atoms with E-state index in [0.717, 1.165) is 25.7 Å². The molecule has 26 heavy (non-hydrogen) atoms. The van der Waals surface area contributed by atoms with Gasteiger partial charge in [0.1, 0.15) is 11.4 Å². The molecule has 4 heteroatoms. The Hall–Kier alpha value is -1.84. The highest BCUT2D eigenvalue weighted by Gasteiger charge is 2.63. The van der Waals surface area contributed by atoms with E-state index in [0.29, 0.717) is 11.7 Å². The summed E-state index contributed by atoms with van der Waals surface area (Å²) in [6.45, 7) is 8.94. The van der Waals surface area contributed by atoms with Gasteiger partial charge in [-0.05, 0) is 61.5 Å². The quantitative estimate of drug-likeness (QED) is 0.772. The molecule has 0 bridgehead atoms. The minimum absolute atomic E-state index is 0.0309. The Balaban J connectivity index is 1.89. The van der Waals surface area contributed by atoms with E-state index in [-0.39, 0.29) is 33.7 Å². The fourth-order valence-electron chi connectivity index (χ4n) is 6.64. The average Bonchev–Trinajstić information content (AvgIpc) is 2.52. The zero-order valence-corrected chi connectivity index (χ0v) is 16.1. The molecule has 0 amide bonds. The number of carboxylic acids is 1. The summed E-state index contributed by atoms with van der Waals surface area (Å²) < 4.78 is 6.38. The molecule has 1 aliphatic heterocycles. The van der Waals surface area contributed by atoms with E-state index in [1.807, 2.05) is 0 Å². The minimum atomic E-state index is -1.07. The summed E-state index contributed by atoms with van der Waals surface area (Å²) in [5.74, 6) is -0.499. The van der Waals surface area contributed by atoms with Crippen molar-refractivity contribution >= 4 is 11.8 Å². The Morgan fingerprint density at radius 2 is 1.88 bits per heavy atom. The summed E-state index contributed by atoms with van der Waals surface area (Å²) in [5, 5.41) is 9.59. The van der Waals surface area contributed by atoms with Gasteiger partial charge in [0.05, 0.1) is 17.0 Å². The van der Waals surface area contributed by atoms with Crippen molar-refractivity contribution in [1.82, 2.24) is 0 Å². The van der Waals surface area contributed by atoms with Crippen LogP contribution in [0.3, 0.4) is 0 Å². The van der Waals surface area contributed by atoms with Gasteiger partial charge in [0.25, 0.3) is 0 Å². The van der Waals surface area contributed by atoms with Crippen LogP contribution in [0.2, 0.25) is 0 Å². The third kappa shape index (κ3) is 2.20. The Bertz CT molecular complexity index is 795. The number of Topliss-reactive ketones (excluding diaryl/α,β-unsaturated/α-hetero) is 1. The van der Waals surface area contributed by atoms with Crippen LogP contribution in [0.1, 0.15) is 80.5 Å². The van der Waals surface area contributed by atoms with E-state index in [4.69, 9.17) is 4.74 Å². The second-order valence-electron chi connectivity index (χ2n) is 9.64. The van der Waals surface area contributed by atoms with Gasteiger partial charge in [-0.1, -0.05) is 33.3 Å². The lowest BCUT2D eigenvalue weighted by atomic mass is 9.44. The molecule has 0 aromatic heterocycles. The van der Waals surface area contributed by atoms with Crippen LogP contribution in [0.4, 0.5) is 0 Å². The van der Waals surface area contributed by atoms with Crippen molar-refractivity contribution in [2.45, 2.75) is 65.4 Å². The van der Waals surface area contributed by atoms with Crippen LogP contribution in [-0.2, 0) is 0 Å². The zero-order valence-electron chi connectivity index (χ0n) is 16.1. The lowest BCUT2D eigenvalue weighted by Gasteiger charge is -2.62. The largest absolute Gasteiger partial charge is 0.486 e. The fourth-order valence-corrected chi connectivity index (χ4v) is 6.64. The van der Waals surface area contributed by atoms with E-state index >= 15 is 0 Å². The maximum absolute atomic E-state index is 13.7. The Morgan fingerprint density at radius 1 is 1.15 bits per heavy atom. The van der Waals surface area contributed by atoms with Gasteiger partial charge < -0.3 is 9.84 Å². The second kappa shape index (κ2) is 5.34. The zero-order chi connectivity index (χ0) is 18.9. The Kier molecular flexibility index (Phi) is 3.61. The highest BCUT2D eigenvalue weighted by Crippen LogP contribution is 2.64. The number of carbonyl (C=O) groups is 2. The molecular weight excluding hydrogens is 328 g/mol. The Morgan fingerprint density at radius 3 is 2.58 bits per heavy atom. The summed E-state index contributed by atoms with van der Waals surface area (Å²) in [5.41, 5.74) is -0.181. The van der Waals surface area contributed by atoms with Gasteiger partial charge in [0.2, 0.25) is 0 Å². The summed E-state index contributed by atoms with van der Waals surface area (Å²) in [6.07, 6.45) is 5.18. The van der Waals surface area contributed by atoms with Gasteiger partial charge in [0.15, 0.2) is 5.78 Å². The van der Waals surface area contributed by atoms with Crippen LogP contribution >= 0.6 is 0 Å². The van der Waals surface area contributed by atoms with Crippen LogP contribution in [0.25, 0.3) is 0 Å². The smallest absolute Gasteiger partial charge is 0.336 e. The number of ketones is 1. The molecule has 1 N–H and O–H groups in total. The molecule has 4 atom stereocenters. The normalized spacial score (nSPS) is 37.8. The van der Waals surface area contributed by atoms with E-state index in [9.17, 15) is 14.7 Å². The van der Waals surface area contributed by atoms with Crippen molar-refractivity contribution in [2.75, 3.05) is 0 Å². The minimum Gasteiger partial charge on any atom is -0.486 e. The molecule has 3 aliphatic rings. The third-order valence-corrected chi connectivity index (χ3v) is 7.58. The first-order chi connectivity index (χ1) is 12.1. The number of carbonyl (C=O) groups excluding carboxylic acids is 1. The number of rotatable bonds is 1. The molecule has 2 fully saturated rings. The maximum atomic E-state index is 13.7. The van der Waals surface area contributed by atoms with Crippen molar-refractivity contribution in [3.8, 4) is 5.75 Å². The predicted molar refractivity (Wildman–Crippen MR) is 98.7 cm³/mol. The standard InChI is InChI=1S/C22H28O4/c1-20(2)10-6-11-21(3)15(20)9-12-22(4)18(21)17(23)16-13(19(24)25)7-5-8-14(16)26-22/h5,7-8,15,18H,6,9-12H2,1-4H3,(H,24,25). The first kappa shape index (κ1) is 17.6. The lowest BCUT2D eigenvalue weighted by molar-refractivity contribution is -0.143. The fraction of sp³-hybridized carbons (Fsp3) is 0.636. The molecule has 1 heterocycles. The monoisotopic (exact) mass is 356 g/mol. The van der Waals surface area contributed by atoms with Crippen molar-refractivity contribution in [3.05, 3.63) is 29.3 Å². The first-order valence-corrected chi connectivity index (χ1v) is 9.70. The van der Waals surface area contributed by atoms with Crippen molar-refractivity contribution in [3.63, 3.8) is 0 Å². The van der Waals surface area contributed by atoms with Crippen molar-refractivity contribution in [2.24, 2.45) is 22.7 Å². The van der Waals surface area contributed by atoms with Gasteiger partial charge in [-0.2, -0.15) is 0 Å². The highest BCUT2D eigenvalue weighted by atomic mass is 16.5. The van der Waals surface area contributed by atoms with Crippen molar-refractivity contribution < 1.29 is 19.4 Å². The lowest BCUT2D eigenvalue weighted by Crippen LogP contribution is -2.63. The highest BCUT2D eigenvalue weighted by molar-refractivity contribution is 6.10. The summed E-state index contributed by atoms with van der Waals surface area (Å²) in [6, 6.07) is 4.91. The molecule has 2 saturated carbocycles. The van der Waals surface area contributed by atoms with Gasteiger partial charge in [-0.3, -0.25) is 4.79 Å². The van der Waals surface area contributed by atoms with Gasteiger partial charge in [-0.15, -0.1) is 0 Å². The first-order valence-electron chi connectivity index (χ1n) is 9.70. The van der Waals surface area contributed by atoms with E-state index in [1.54, 1.807) is 12.1 Å². The van der Waals surface area contributed by atoms with E-state index in [2.05, 4.69) is 27.7 Å². The number of aromatic carboxylic acids is 1. The molecule has 1 aromatic carbocycles. The molecule has 1 aromatic rings. The van der Waals surface area contributed by atoms with Gasteiger partial charge >= 0.3 is 5.97 Å². The predicted octanol–water partition coefficient (Wildman–Crippen LogP) is 4.96. The molecule has 4 nitrogen and oxygen atoms in total. The van der Waals surface area contributed by atoms with Crippen molar-refractivity contribution in [1.29, 1.82) is 0 Å². The van der Waals surface area contributed by atoms with Crippen LogP contribution in [-0.4, -0.2) is 22.5 Å². The molecule has 2 aliphatic carbocycles. The number of hydrogen-bond donors (Lipinski definition) is 1. The van der Waals surface area contributed by atoms with Crippen LogP contribution in [0.5, 0.6) is 5.75 Å². The molecule has 4 unspecified atom stereocenters. The Labute approximate surface area is 154 Å². The topological polar surface area (TPSA) is 63.6 Å².